The standard InChI is InChI=1S/C11H14ClN5O2/c12-11-14-9-8(10(18)15-11)17(7-13-9)2-1-16-3-5-19-6-4-16/h7H,1-6H2,(H,14,15,18)/i7D. The lowest BCUT2D eigenvalue weighted by Crippen LogP contribution is -2.38. The molecule has 3 rings (SSSR count). The molecule has 0 amide bonds. The number of fused-ring (bicyclic) bond motifs is 1. The Hall–Kier alpha value is -1.44. The molecule has 0 aromatic carbocycles. The first-order chi connectivity index (χ1) is 9.65. The molecule has 19 heavy (non-hydrogen) atoms. The Labute approximate surface area is 115 Å². The zero-order chi connectivity index (χ0) is 14.1. The van der Waals surface area contributed by atoms with Crippen LogP contribution in [-0.4, -0.2) is 57.3 Å². The maximum atomic E-state index is 11.9. The van der Waals surface area contributed by atoms with Gasteiger partial charge in [0.05, 0.1) is 19.5 Å². The van der Waals surface area contributed by atoms with E-state index in [9.17, 15) is 4.79 Å². The molecule has 1 aliphatic heterocycles. The van der Waals surface area contributed by atoms with Crippen LogP contribution in [0.25, 0.3) is 11.2 Å². The number of aromatic amines is 1. The monoisotopic (exact) mass is 284 g/mol. The number of rotatable bonds is 3. The number of ether oxygens (including phenoxy) is 1. The molecule has 8 heteroatoms. The second-order valence-corrected chi connectivity index (χ2v) is 4.70. The number of nitrogens with one attached hydrogen (secondary N) is 1. The molecule has 0 aliphatic carbocycles. The molecule has 1 N–H and O–H groups in total. The number of hydrogen-bond donors (Lipinski definition) is 1. The highest BCUT2D eigenvalue weighted by Crippen LogP contribution is 2.08. The van der Waals surface area contributed by atoms with E-state index in [2.05, 4.69) is 19.9 Å². The molecular weight excluding hydrogens is 270 g/mol. The van der Waals surface area contributed by atoms with Gasteiger partial charge < -0.3 is 9.30 Å². The van der Waals surface area contributed by atoms with Crippen LogP contribution in [0.3, 0.4) is 0 Å². The van der Waals surface area contributed by atoms with Crippen molar-refractivity contribution in [2.45, 2.75) is 6.54 Å². The third-order valence-corrected chi connectivity index (χ3v) is 3.32. The smallest absolute Gasteiger partial charge is 0.278 e. The van der Waals surface area contributed by atoms with Gasteiger partial charge in [-0.05, 0) is 11.6 Å². The van der Waals surface area contributed by atoms with E-state index in [1.54, 1.807) is 4.57 Å². The van der Waals surface area contributed by atoms with Crippen molar-refractivity contribution < 1.29 is 6.11 Å². The zero-order valence-electron chi connectivity index (χ0n) is 11.2. The van der Waals surface area contributed by atoms with Crippen molar-refractivity contribution in [1.29, 1.82) is 0 Å². The molecule has 7 nitrogen and oxygen atoms in total. The molecule has 0 bridgehead atoms. The topological polar surface area (TPSA) is 76.0 Å². The molecule has 3 heterocycles. The fourth-order valence-electron chi connectivity index (χ4n) is 2.14. The number of imidazole rings is 1. The van der Waals surface area contributed by atoms with Gasteiger partial charge in [0.1, 0.15) is 1.37 Å². The van der Waals surface area contributed by atoms with Crippen molar-refractivity contribution in [3.8, 4) is 0 Å². The van der Waals surface area contributed by atoms with Crippen LogP contribution in [0.4, 0.5) is 0 Å². The summed E-state index contributed by atoms with van der Waals surface area (Å²) >= 11 is 5.69. The SMILES string of the molecule is [2H]c1nc2nc(Cl)[nH]c(=O)c2n1CCN1CCOCC1. The van der Waals surface area contributed by atoms with E-state index in [-0.39, 0.29) is 22.8 Å². The minimum Gasteiger partial charge on any atom is -0.379 e. The summed E-state index contributed by atoms with van der Waals surface area (Å²) in [5, 5.41) is -0.0136. The number of halogens is 1. The van der Waals surface area contributed by atoms with Crippen LogP contribution in [0.15, 0.2) is 11.1 Å². The quantitative estimate of drug-likeness (QED) is 0.810. The molecule has 1 fully saturated rings. The van der Waals surface area contributed by atoms with Gasteiger partial charge in [-0.2, -0.15) is 4.98 Å². The first kappa shape index (κ1) is 11.4. The van der Waals surface area contributed by atoms with E-state index >= 15 is 0 Å². The molecule has 2 aromatic rings. The second kappa shape index (κ2) is 5.28. The molecule has 2 aromatic heterocycles. The van der Waals surface area contributed by atoms with Crippen molar-refractivity contribution in [2.24, 2.45) is 0 Å². The third-order valence-electron chi connectivity index (χ3n) is 3.14. The van der Waals surface area contributed by atoms with Gasteiger partial charge in [-0.3, -0.25) is 14.7 Å². The summed E-state index contributed by atoms with van der Waals surface area (Å²) < 4.78 is 14.7. The number of aromatic nitrogens is 4. The number of hydrogen-bond acceptors (Lipinski definition) is 5. The van der Waals surface area contributed by atoms with Gasteiger partial charge in [-0.15, -0.1) is 0 Å². The second-order valence-electron chi connectivity index (χ2n) is 4.35. The Balaban J connectivity index is 1.87. The van der Waals surface area contributed by atoms with Crippen LogP contribution in [0.5, 0.6) is 0 Å². The number of morpholine rings is 1. The van der Waals surface area contributed by atoms with Crippen LogP contribution in [0.1, 0.15) is 1.37 Å². The van der Waals surface area contributed by atoms with Crippen LogP contribution in [0, 0.1) is 0 Å². The normalized spacial score (nSPS) is 17.8. The van der Waals surface area contributed by atoms with Gasteiger partial charge >= 0.3 is 0 Å². The van der Waals surface area contributed by atoms with Crippen LogP contribution >= 0.6 is 11.6 Å². The lowest BCUT2D eigenvalue weighted by atomic mass is 10.4. The molecule has 0 spiro atoms. The highest BCUT2D eigenvalue weighted by Gasteiger charge is 2.13. The maximum absolute atomic E-state index is 11.9. The fourth-order valence-corrected chi connectivity index (χ4v) is 2.30. The molecule has 1 saturated heterocycles. The highest BCUT2D eigenvalue weighted by molar-refractivity contribution is 6.28. The minimum absolute atomic E-state index is 0.0136. The van der Waals surface area contributed by atoms with E-state index in [0.29, 0.717) is 12.1 Å². The summed E-state index contributed by atoms with van der Waals surface area (Å²) in [5.74, 6) is 0. The average molecular weight is 285 g/mol. The highest BCUT2D eigenvalue weighted by atomic mass is 35.5. The van der Waals surface area contributed by atoms with Crippen LogP contribution in [0.2, 0.25) is 5.28 Å². The van der Waals surface area contributed by atoms with Crippen molar-refractivity contribution in [1.82, 2.24) is 24.4 Å². The number of H-pyrrole nitrogens is 1. The molecule has 0 radical (unpaired) electrons. The predicted molar refractivity (Wildman–Crippen MR) is 70.4 cm³/mol. The lowest BCUT2D eigenvalue weighted by Gasteiger charge is -2.26. The van der Waals surface area contributed by atoms with E-state index < -0.39 is 0 Å². The number of nitrogens with zero attached hydrogens (tertiary/aromatic N) is 4. The molecule has 0 unspecified atom stereocenters. The molecule has 102 valence electrons. The Kier molecular flexibility index (Phi) is 3.16. The summed E-state index contributed by atoms with van der Waals surface area (Å²) in [4.78, 5) is 24.5. The van der Waals surface area contributed by atoms with Crippen molar-refractivity contribution in [3.63, 3.8) is 0 Å². The molecular formula is C11H14ClN5O2. The zero-order valence-corrected chi connectivity index (χ0v) is 11.0. The van der Waals surface area contributed by atoms with Crippen molar-refractivity contribution >= 4 is 22.8 Å². The van der Waals surface area contributed by atoms with Crippen molar-refractivity contribution in [2.75, 3.05) is 32.8 Å². The van der Waals surface area contributed by atoms with E-state index in [1.165, 1.54) is 0 Å². The minimum atomic E-state index is -0.368. The van der Waals surface area contributed by atoms with Crippen LogP contribution < -0.4 is 5.56 Å². The average Bonchev–Trinajstić information content (AvgIpc) is 2.73. The Bertz CT molecular complexity index is 679. The van der Waals surface area contributed by atoms with E-state index in [0.717, 1.165) is 32.8 Å². The Morgan fingerprint density at radius 2 is 2.26 bits per heavy atom. The summed E-state index contributed by atoms with van der Waals surface area (Å²) in [6.45, 7) is 4.41. The largest absolute Gasteiger partial charge is 0.379 e. The predicted octanol–water partition coefficient (Wildman–Crippen LogP) is 0.105. The van der Waals surface area contributed by atoms with Gasteiger partial charge in [-0.1, -0.05) is 0 Å². The third kappa shape index (κ3) is 2.63. The van der Waals surface area contributed by atoms with Gasteiger partial charge in [0.25, 0.3) is 5.56 Å². The van der Waals surface area contributed by atoms with Crippen molar-refractivity contribution in [3.05, 3.63) is 21.9 Å². The first-order valence-corrected chi connectivity index (χ1v) is 6.45. The summed E-state index contributed by atoms with van der Waals surface area (Å²) in [5.41, 5.74) is 0.145. The summed E-state index contributed by atoms with van der Waals surface area (Å²) in [7, 11) is 0. The Morgan fingerprint density at radius 3 is 3.05 bits per heavy atom. The first-order valence-electron chi connectivity index (χ1n) is 6.58. The maximum Gasteiger partial charge on any atom is 0.278 e. The fraction of sp³-hybridized carbons (Fsp3) is 0.545. The van der Waals surface area contributed by atoms with Crippen LogP contribution in [-0.2, 0) is 11.3 Å². The van der Waals surface area contributed by atoms with Gasteiger partial charge in [0.2, 0.25) is 5.28 Å². The molecule has 0 saturated carbocycles. The molecule has 0 atom stereocenters. The molecule has 1 aliphatic rings. The van der Waals surface area contributed by atoms with E-state index in [1.807, 2.05) is 0 Å². The van der Waals surface area contributed by atoms with Gasteiger partial charge in [0, 0.05) is 26.2 Å². The van der Waals surface area contributed by atoms with Gasteiger partial charge in [-0.25, -0.2) is 4.98 Å². The van der Waals surface area contributed by atoms with E-state index in [4.69, 9.17) is 17.7 Å². The lowest BCUT2D eigenvalue weighted by molar-refractivity contribution is 0.0365. The summed E-state index contributed by atoms with van der Waals surface area (Å²) in [6.07, 6.45) is 0.0218. The van der Waals surface area contributed by atoms with Gasteiger partial charge in [0.15, 0.2) is 11.2 Å². The summed E-state index contributed by atoms with van der Waals surface area (Å²) in [6, 6.07) is 0. The Morgan fingerprint density at radius 1 is 1.47 bits per heavy atom.